The molecule has 0 aromatic rings. The molecule has 2 aliphatic heterocycles. The van der Waals surface area contributed by atoms with Crippen LogP contribution in [0.3, 0.4) is 0 Å². The Balaban J connectivity index is 1.36. The Hall–Kier alpha value is -1.89. The molecular formula is C27H36O7. The first-order valence-corrected chi connectivity index (χ1v) is 13.0. The van der Waals surface area contributed by atoms with Crippen LogP contribution >= 0.6 is 0 Å². The molecule has 5 fully saturated rings. The average molecular weight is 473 g/mol. The molecule has 0 radical (unpaired) electrons. The Labute approximate surface area is 200 Å². The van der Waals surface area contributed by atoms with Crippen molar-refractivity contribution in [2.45, 2.75) is 103 Å². The summed E-state index contributed by atoms with van der Waals surface area (Å²) in [6.07, 6.45) is 8.40. The maximum atomic E-state index is 12.2. The van der Waals surface area contributed by atoms with Crippen molar-refractivity contribution in [2.24, 2.45) is 34.5 Å². The zero-order chi connectivity index (χ0) is 24.0. The number of esters is 3. The number of carbonyl (C=O) groups is 3. The van der Waals surface area contributed by atoms with Gasteiger partial charge in [-0.2, -0.15) is 0 Å². The number of fused-ring (bicyclic) bond motifs is 5. The number of hydrogen-bond donors (Lipinski definition) is 0. The SMILES string of the molecule is CC(=O)OC1CCC2(C)C(CCC3C2CCC2(C)C4C5=CC(=O)OC5OC32CC4OC(C)=O)C1. The predicted molar refractivity (Wildman–Crippen MR) is 120 cm³/mol. The van der Waals surface area contributed by atoms with Gasteiger partial charge in [-0.3, -0.25) is 9.59 Å². The minimum Gasteiger partial charge on any atom is -0.463 e. The smallest absolute Gasteiger partial charge is 0.333 e. The van der Waals surface area contributed by atoms with E-state index < -0.39 is 11.9 Å². The normalized spacial score (nSPS) is 50.6. The quantitative estimate of drug-likeness (QED) is 0.442. The second kappa shape index (κ2) is 7.31. The second-order valence-corrected chi connectivity index (χ2v) is 12.2. The van der Waals surface area contributed by atoms with Crippen LogP contribution in [0, 0.1) is 34.5 Å². The Bertz CT molecular complexity index is 972. The Morgan fingerprint density at radius 3 is 2.50 bits per heavy atom. The van der Waals surface area contributed by atoms with Gasteiger partial charge in [0.1, 0.15) is 12.2 Å². The van der Waals surface area contributed by atoms with Crippen molar-refractivity contribution < 1.29 is 33.3 Å². The summed E-state index contributed by atoms with van der Waals surface area (Å²) in [5.41, 5.74) is 0.333. The summed E-state index contributed by atoms with van der Waals surface area (Å²) in [6.45, 7) is 7.70. The molecule has 34 heavy (non-hydrogen) atoms. The molecule has 2 bridgehead atoms. The van der Waals surface area contributed by atoms with Crippen LogP contribution < -0.4 is 0 Å². The van der Waals surface area contributed by atoms with E-state index in [2.05, 4.69) is 13.8 Å². The van der Waals surface area contributed by atoms with E-state index in [0.29, 0.717) is 24.2 Å². The van der Waals surface area contributed by atoms with Gasteiger partial charge in [0.25, 0.3) is 0 Å². The van der Waals surface area contributed by atoms with Gasteiger partial charge < -0.3 is 18.9 Å². The minimum absolute atomic E-state index is 0.0277. The highest BCUT2D eigenvalue weighted by Gasteiger charge is 2.76. The third kappa shape index (κ3) is 2.88. The van der Waals surface area contributed by atoms with E-state index in [9.17, 15) is 14.4 Å². The van der Waals surface area contributed by atoms with Gasteiger partial charge >= 0.3 is 17.9 Å². The minimum atomic E-state index is -0.657. The summed E-state index contributed by atoms with van der Waals surface area (Å²) in [6, 6.07) is 0. The van der Waals surface area contributed by atoms with Gasteiger partial charge in [0.05, 0.1) is 5.60 Å². The highest BCUT2D eigenvalue weighted by Crippen LogP contribution is 2.73. The lowest BCUT2D eigenvalue weighted by atomic mass is 9.42. The van der Waals surface area contributed by atoms with E-state index in [0.717, 1.165) is 50.5 Å². The third-order valence-electron chi connectivity index (χ3n) is 10.9. The second-order valence-electron chi connectivity index (χ2n) is 12.2. The highest BCUT2D eigenvalue weighted by atomic mass is 16.7. The van der Waals surface area contributed by atoms with Crippen LogP contribution in [-0.2, 0) is 33.3 Å². The first kappa shape index (κ1) is 22.6. The number of carbonyl (C=O) groups excluding carboxylic acids is 3. The van der Waals surface area contributed by atoms with E-state index in [1.54, 1.807) is 6.08 Å². The van der Waals surface area contributed by atoms with Crippen LogP contribution in [0.1, 0.15) is 79.1 Å². The lowest BCUT2D eigenvalue weighted by Crippen LogP contribution is -2.66. The van der Waals surface area contributed by atoms with Crippen molar-refractivity contribution in [3.63, 3.8) is 0 Å². The van der Waals surface area contributed by atoms with Gasteiger partial charge in [0.15, 0.2) is 0 Å². The molecule has 6 aliphatic rings. The van der Waals surface area contributed by atoms with Crippen molar-refractivity contribution in [2.75, 3.05) is 0 Å². The number of ether oxygens (including phenoxy) is 4. The molecule has 4 aliphatic carbocycles. The zero-order valence-electron chi connectivity index (χ0n) is 20.6. The van der Waals surface area contributed by atoms with Gasteiger partial charge in [-0.25, -0.2) is 4.79 Å². The van der Waals surface area contributed by atoms with Crippen molar-refractivity contribution in [1.29, 1.82) is 0 Å². The fraction of sp³-hybridized carbons (Fsp3) is 0.815. The summed E-state index contributed by atoms with van der Waals surface area (Å²) in [4.78, 5) is 35.9. The third-order valence-corrected chi connectivity index (χ3v) is 10.9. The first-order chi connectivity index (χ1) is 16.1. The molecule has 4 saturated carbocycles. The van der Waals surface area contributed by atoms with Crippen molar-refractivity contribution in [1.82, 2.24) is 0 Å². The summed E-state index contributed by atoms with van der Waals surface area (Å²) in [5.74, 6) is 0.451. The van der Waals surface area contributed by atoms with Gasteiger partial charge in [0.2, 0.25) is 6.29 Å². The Kier molecular flexibility index (Phi) is 4.85. The molecule has 0 spiro atoms. The van der Waals surface area contributed by atoms with Gasteiger partial charge in [0, 0.05) is 43.3 Å². The molecule has 0 N–H and O–H groups in total. The van der Waals surface area contributed by atoms with E-state index in [4.69, 9.17) is 18.9 Å². The monoisotopic (exact) mass is 472 g/mol. The molecule has 10 atom stereocenters. The summed E-state index contributed by atoms with van der Waals surface area (Å²) in [5, 5.41) is 0. The maximum Gasteiger partial charge on any atom is 0.333 e. The fourth-order valence-electron chi connectivity index (χ4n) is 9.62. The van der Waals surface area contributed by atoms with Crippen LogP contribution in [0.4, 0.5) is 0 Å². The number of rotatable bonds is 2. The van der Waals surface area contributed by atoms with Gasteiger partial charge in [-0.15, -0.1) is 0 Å². The van der Waals surface area contributed by atoms with Crippen LogP contribution in [0.5, 0.6) is 0 Å². The molecule has 186 valence electrons. The van der Waals surface area contributed by atoms with Crippen molar-refractivity contribution >= 4 is 17.9 Å². The van der Waals surface area contributed by atoms with Gasteiger partial charge in [-0.1, -0.05) is 13.8 Å². The summed E-state index contributed by atoms with van der Waals surface area (Å²) >= 11 is 0. The molecular weight excluding hydrogens is 436 g/mol. The van der Waals surface area contributed by atoms with E-state index >= 15 is 0 Å². The molecule has 0 amide bonds. The van der Waals surface area contributed by atoms with Crippen LogP contribution in [0.2, 0.25) is 0 Å². The molecule has 0 aromatic heterocycles. The van der Waals surface area contributed by atoms with Crippen LogP contribution in [-0.4, -0.2) is 42.0 Å². The molecule has 10 unspecified atom stereocenters. The first-order valence-electron chi connectivity index (χ1n) is 13.0. The maximum absolute atomic E-state index is 12.2. The number of hydrogen-bond acceptors (Lipinski definition) is 7. The Morgan fingerprint density at radius 1 is 1.00 bits per heavy atom. The molecule has 2 heterocycles. The molecule has 7 heteroatoms. The molecule has 7 nitrogen and oxygen atoms in total. The Morgan fingerprint density at radius 2 is 1.76 bits per heavy atom. The predicted octanol–water partition coefficient (Wildman–Crippen LogP) is 4.08. The van der Waals surface area contributed by atoms with E-state index in [1.165, 1.54) is 13.8 Å². The van der Waals surface area contributed by atoms with Crippen LogP contribution in [0.15, 0.2) is 11.6 Å². The van der Waals surface area contributed by atoms with Crippen LogP contribution in [0.25, 0.3) is 0 Å². The van der Waals surface area contributed by atoms with Crippen molar-refractivity contribution in [3.8, 4) is 0 Å². The van der Waals surface area contributed by atoms with E-state index in [1.807, 2.05) is 0 Å². The largest absolute Gasteiger partial charge is 0.463 e. The lowest BCUT2D eigenvalue weighted by molar-refractivity contribution is -0.293. The molecule has 1 saturated heterocycles. The van der Waals surface area contributed by atoms with E-state index in [-0.39, 0.29) is 46.9 Å². The standard InChI is InChI=1S/C27H36O7/c1-14(28)31-17-7-9-25(3)16(11-17)5-6-20-19(25)8-10-26(4)23-18-12-22(30)33-24(18)34-27(20,26)13-21(23)32-15(2)29/h12,16-17,19-21,23-24H,5-11,13H2,1-4H3. The zero-order valence-corrected chi connectivity index (χ0v) is 20.6. The lowest BCUT2D eigenvalue weighted by Gasteiger charge is -2.66. The molecule has 0 aromatic carbocycles. The average Bonchev–Trinajstić information content (AvgIpc) is 3.17. The topological polar surface area (TPSA) is 88.1 Å². The summed E-state index contributed by atoms with van der Waals surface area (Å²) in [7, 11) is 0. The van der Waals surface area contributed by atoms with Crippen molar-refractivity contribution in [3.05, 3.63) is 11.6 Å². The summed E-state index contributed by atoms with van der Waals surface area (Å²) < 4.78 is 24.0. The highest BCUT2D eigenvalue weighted by molar-refractivity contribution is 5.86. The molecule has 6 rings (SSSR count). The van der Waals surface area contributed by atoms with Gasteiger partial charge in [-0.05, 0) is 68.1 Å². The fourth-order valence-corrected chi connectivity index (χ4v) is 9.62.